The van der Waals surface area contributed by atoms with Gasteiger partial charge in [0.1, 0.15) is 0 Å². The van der Waals surface area contributed by atoms with Gasteiger partial charge in [0.2, 0.25) is 5.91 Å². The standard InChI is InChI=1S/C27H39NO3/c1-3-4-6-18(2)13-23(29)11-12-24-25-16-20(15-22(25)17-26(24)30)10-9-19-7-5-8-21(14-19)27(28)31/h5,7-8,11-12,14-15,18,22-26,29-30H,3-4,6,9-10,13,16-17H2,1-2H3,(H2,28,31)/t18-,22-,23+,24+,25-,26+/m0/s1. The van der Waals surface area contributed by atoms with Crippen molar-refractivity contribution < 1.29 is 15.0 Å². The van der Waals surface area contributed by atoms with E-state index in [1.807, 2.05) is 24.3 Å². The highest BCUT2D eigenvalue weighted by molar-refractivity contribution is 5.92. The van der Waals surface area contributed by atoms with Crippen LogP contribution in [-0.2, 0) is 6.42 Å². The minimum atomic E-state index is -0.426. The van der Waals surface area contributed by atoms with Gasteiger partial charge in [0.15, 0.2) is 0 Å². The molecule has 1 saturated carbocycles. The van der Waals surface area contributed by atoms with Crippen molar-refractivity contribution in [2.75, 3.05) is 0 Å². The van der Waals surface area contributed by atoms with Crippen molar-refractivity contribution in [2.24, 2.45) is 29.4 Å². The van der Waals surface area contributed by atoms with E-state index in [1.165, 1.54) is 18.4 Å². The van der Waals surface area contributed by atoms with E-state index in [4.69, 9.17) is 5.73 Å². The van der Waals surface area contributed by atoms with Crippen LogP contribution in [0.3, 0.4) is 0 Å². The number of benzene rings is 1. The number of carbonyl (C=O) groups excluding carboxylic acids is 1. The molecule has 6 atom stereocenters. The minimum Gasteiger partial charge on any atom is -0.392 e. The Balaban J connectivity index is 1.52. The summed E-state index contributed by atoms with van der Waals surface area (Å²) in [5, 5.41) is 21.0. The van der Waals surface area contributed by atoms with Gasteiger partial charge in [-0.3, -0.25) is 4.79 Å². The van der Waals surface area contributed by atoms with E-state index in [2.05, 4.69) is 26.0 Å². The van der Waals surface area contributed by atoms with Gasteiger partial charge in [-0.25, -0.2) is 0 Å². The SMILES string of the molecule is CCCC[C@H](C)C[C@H](O)C=C[C@@H]1[C@H]2CC(CCc3cccc(C(N)=O)c3)=C[C@H]2C[C@H]1O. The Morgan fingerprint density at radius 3 is 2.87 bits per heavy atom. The van der Waals surface area contributed by atoms with Gasteiger partial charge in [-0.2, -0.15) is 0 Å². The molecule has 1 fully saturated rings. The van der Waals surface area contributed by atoms with Gasteiger partial charge in [-0.1, -0.05) is 69.0 Å². The molecule has 0 saturated heterocycles. The van der Waals surface area contributed by atoms with Crippen molar-refractivity contribution >= 4 is 5.91 Å². The summed E-state index contributed by atoms with van der Waals surface area (Å²) in [7, 11) is 0. The molecule has 1 aromatic carbocycles. The predicted molar refractivity (Wildman–Crippen MR) is 126 cm³/mol. The number of nitrogens with two attached hydrogens (primary N) is 1. The predicted octanol–water partition coefficient (Wildman–Crippen LogP) is 4.79. The largest absolute Gasteiger partial charge is 0.392 e. The highest BCUT2D eigenvalue weighted by Gasteiger charge is 2.43. The number of aliphatic hydroxyl groups excluding tert-OH is 2. The maximum atomic E-state index is 11.4. The summed E-state index contributed by atoms with van der Waals surface area (Å²) in [5.74, 6) is 1.12. The zero-order chi connectivity index (χ0) is 22.4. The van der Waals surface area contributed by atoms with Crippen LogP contribution in [-0.4, -0.2) is 28.3 Å². The number of amides is 1. The monoisotopic (exact) mass is 425 g/mol. The van der Waals surface area contributed by atoms with E-state index < -0.39 is 6.10 Å². The third-order valence-corrected chi connectivity index (χ3v) is 7.15. The molecule has 1 amide bonds. The molecule has 4 heteroatoms. The van der Waals surface area contributed by atoms with E-state index in [9.17, 15) is 15.0 Å². The number of aryl methyl sites for hydroxylation is 1. The molecule has 170 valence electrons. The normalized spacial score (nSPS) is 27.3. The van der Waals surface area contributed by atoms with Crippen molar-refractivity contribution in [3.05, 3.63) is 59.2 Å². The lowest BCUT2D eigenvalue weighted by Crippen LogP contribution is -2.18. The van der Waals surface area contributed by atoms with Crippen molar-refractivity contribution in [2.45, 2.75) is 77.4 Å². The Kier molecular flexibility index (Phi) is 8.50. The molecule has 0 bridgehead atoms. The molecule has 4 nitrogen and oxygen atoms in total. The lowest BCUT2D eigenvalue weighted by Gasteiger charge is -2.19. The number of fused-ring (bicyclic) bond motifs is 1. The zero-order valence-corrected chi connectivity index (χ0v) is 19.0. The fraction of sp³-hybridized carbons (Fsp3) is 0.593. The lowest BCUT2D eigenvalue weighted by atomic mass is 9.88. The average molecular weight is 426 g/mol. The van der Waals surface area contributed by atoms with E-state index in [0.717, 1.165) is 44.1 Å². The van der Waals surface area contributed by atoms with E-state index in [0.29, 0.717) is 23.3 Å². The maximum Gasteiger partial charge on any atom is 0.248 e. The first-order chi connectivity index (χ1) is 14.9. The topological polar surface area (TPSA) is 83.5 Å². The molecule has 4 N–H and O–H groups in total. The number of hydrogen-bond donors (Lipinski definition) is 3. The third-order valence-electron chi connectivity index (χ3n) is 7.15. The molecule has 0 aromatic heterocycles. The molecule has 1 aromatic rings. The molecule has 0 spiro atoms. The molecule has 3 rings (SSSR count). The smallest absolute Gasteiger partial charge is 0.248 e. The Bertz CT molecular complexity index is 799. The Labute approximate surface area is 187 Å². The lowest BCUT2D eigenvalue weighted by molar-refractivity contribution is 0.1000. The molecule has 0 heterocycles. The Morgan fingerprint density at radius 2 is 2.13 bits per heavy atom. The fourth-order valence-electron chi connectivity index (χ4n) is 5.39. The van der Waals surface area contributed by atoms with Crippen LogP contribution < -0.4 is 5.73 Å². The number of hydrogen-bond acceptors (Lipinski definition) is 3. The molecule has 31 heavy (non-hydrogen) atoms. The van der Waals surface area contributed by atoms with Crippen LogP contribution in [0.1, 0.15) is 74.7 Å². The van der Waals surface area contributed by atoms with Crippen molar-refractivity contribution in [3.63, 3.8) is 0 Å². The quantitative estimate of drug-likeness (QED) is 0.446. The third kappa shape index (κ3) is 6.54. The molecule has 0 aliphatic heterocycles. The second-order valence-corrected chi connectivity index (χ2v) is 9.74. The maximum absolute atomic E-state index is 11.4. The number of allylic oxidation sites excluding steroid dienone is 2. The van der Waals surface area contributed by atoms with Gasteiger partial charge in [0, 0.05) is 11.5 Å². The van der Waals surface area contributed by atoms with Crippen LogP contribution in [0.15, 0.2) is 48.1 Å². The molecule has 2 aliphatic carbocycles. The fourth-order valence-corrected chi connectivity index (χ4v) is 5.39. The summed E-state index contributed by atoms with van der Waals surface area (Å²) in [6.07, 6.45) is 13.7. The number of primary amides is 1. The summed E-state index contributed by atoms with van der Waals surface area (Å²) in [6, 6.07) is 7.57. The van der Waals surface area contributed by atoms with Crippen LogP contribution in [0.4, 0.5) is 0 Å². The number of rotatable bonds is 11. The van der Waals surface area contributed by atoms with Gasteiger partial charge >= 0.3 is 0 Å². The van der Waals surface area contributed by atoms with Crippen LogP contribution in [0.2, 0.25) is 0 Å². The van der Waals surface area contributed by atoms with Gasteiger partial charge in [0.25, 0.3) is 0 Å². The highest BCUT2D eigenvalue weighted by Crippen LogP contribution is 2.48. The van der Waals surface area contributed by atoms with Crippen LogP contribution >= 0.6 is 0 Å². The second kappa shape index (κ2) is 11.1. The van der Waals surface area contributed by atoms with Gasteiger partial charge in [-0.15, -0.1) is 0 Å². The summed E-state index contributed by atoms with van der Waals surface area (Å²) in [6.45, 7) is 4.41. The Morgan fingerprint density at radius 1 is 1.32 bits per heavy atom. The number of carbonyl (C=O) groups is 1. The molecule has 2 aliphatic rings. The summed E-state index contributed by atoms with van der Waals surface area (Å²) in [4.78, 5) is 11.4. The highest BCUT2D eigenvalue weighted by atomic mass is 16.3. The first kappa shape index (κ1) is 23.7. The average Bonchev–Trinajstić information content (AvgIpc) is 3.25. The van der Waals surface area contributed by atoms with Crippen molar-refractivity contribution in [1.82, 2.24) is 0 Å². The zero-order valence-electron chi connectivity index (χ0n) is 19.0. The van der Waals surface area contributed by atoms with Crippen LogP contribution in [0.25, 0.3) is 0 Å². The first-order valence-electron chi connectivity index (χ1n) is 12.0. The van der Waals surface area contributed by atoms with E-state index >= 15 is 0 Å². The minimum absolute atomic E-state index is 0.123. The molecular formula is C27H39NO3. The van der Waals surface area contributed by atoms with Crippen molar-refractivity contribution in [1.29, 1.82) is 0 Å². The van der Waals surface area contributed by atoms with E-state index in [-0.39, 0.29) is 17.9 Å². The van der Waals surface area contributed by atoms with Gasteiger partial charge < -0.3 is 15.9 Å². The second-order valence-electron chi connectivity index (χ2n) is 9.74. The number of unbranched alkanes of at least 4 members (excludes halogenated alkanes) is 1. The molecule has 0 radical (unpaired) electrons. The summed E-state index contributed by atoms with van der Waals surface area (Å²) >= 11 is 0. The Hall–Kier alpha value is -1.91. The van der Waals surface area contributed by atoms with Crippen LogP contribution in [0, 0.1) is 23.7 Å². The van der Waals surface area contributed by atoms with Gasteiger partial charge in [-0.05, 0) is 67.6 Å². The molecular weight excluding hydrogens is 386 g/mol. The van der Waals surface area contributed by atoms with E-state index in [1.54, 1.807) is 6.07 Å². The summed E-state index contributed by atoms with van der Waals surface area (Å²) in [5.41, 5.74) is 8.52. The first-order valence-corrected chi connectivity index (χ1v) is 12.0. The van der Waals surface area contributed by atoms with Gasteiger partial charge in [0.05, 0.1) is 12.2 Å². The van der Waals surface area contributed by atoms with Crippen molar-refractivity contribution in [3.8, 4) is 0 Å². The summed E-state index contributed by atoms with van der Waals surface area (Å²) < 4.78 is 0. The molecule has 0 unspecified atom stereocenters. The van der Waals surface area contributed by atoms with Crippen LogP contribution in [0.5, 0.6) is 0 Å². The number of aliphatic hydroxyl groups is 2.